The Labute approximate surface area is 412 Å². The van der Waals surface area contributed by atoms with E-state index >= 15 is 4.79 Å². The summed E-state index contributed by atoms with van der Waals surface area (Å²) in [5.41, 5.74) is 6.42. The SMILES string of the molecule is Cc1ccc2cc1-c1cc(ccc1C)[C@H](N(C)C(=O)[C@H](CCCCNC(=O)OC(C)(C)C)CC(=O)c1ccc(-c3ccc(Cl)cc3)cc1)C(=O)C[C@@H](C)C(=O)N[C@H](C(=O)C[C@@H](C)/C=C/S(C)(=O)=O)C2. The molecule has 4 bridgehead atoms. The number of halogens is 1. The van der Waals surface area contributed by atoms with Gasteiger partial charge in [0.1, 0.15) is 11.6 Å². The lowest BCUT2D eigenvalue weighted by Crippen LogP contribution is -2.46. The summed E-state index contributed by atoms with van der Waals surface area (Å²) < 4.78 is 29.0. The van der Waals surface area contributed by atoms with E-state index in [2.05, 4.69) is 10.6 Å². The summed E-state index contributed by atoms with van der Waals surface area (Å²) in [7, 11) is -1.86. The second-order valence-electron chi connectivity index (χ2n) is 19.6. The minimum Gasteiger partial charge on any atom is -0.444 e. The van der Waals surface area contributed by atoms with Crippen molar-refractivity contribution >= 4 is 56.7 Å². The number of hydrogen-bond donors (Lipinski definition) is 2. The van der Waals surface area contributed by atoms with Gasteiger partial charge >= 0.3 is 6.09 Å². The van der Waals surface area contributed by atoms with Gasteiger partial charge in [-0.25, -0.2) is 13.2 Å². The summed E-state index contributed by atoms with van der Waals surface area (Å²) in [5.74, 6) is -4.09. The van der Waals surface area contributed by atoms with E-state index in [1.807, 2.05) is 74.5 Å². The van der Waals surface area contributed by atoms with Crippen molar-refractivity contribution in [3.8, 4) is 22.3 Å². The zero-order valence-corrected chi connectivity index (χ0v) is 42.8. The molecular formula is C55H66ClN3O9S. The summed E-state index contributed by atoms with van der Waals surface area (Å²) in [6.45, 7) is 12.9. The van der Waals surface area contributed by atoms with Crippen LogP contribution >= 0.6 is 11.6 Å². The third-order valence-corrected chi connectivity index (χ3v) is 13.2. The molecule has 14 heteroatoms. The first kappa shape index (κ1) is 54.0. The highest BCUT2D eigenvalue weighted by Crippen LogP contribution is 2.35. The zero-order chi connectivity index (χ0) is 50.8. The average Bonchev–Trinajstić information content (AvgIpc) is 3.27. The van der Waals surface area contributed by atoms with Crippen LogP contribution in [0.3, 0.4) is 0 Å². The summed E-state index contributed by atoms with van der Waals surface area (Å²) in [6.07, 6.45) is 2.94. The molecule has 5 rings (SSSR count). The number of benzene rings is 4. The Bertz CT molecular complexity index is 2670. The lowest BCUT2D eigenvalue weighted by atomic mass is 9.86. The van der Waals surface area contributed by atoms with Crippen molar-refractivity contribution in [3.63, 3.8) is 0 Å². The van der Waals surface area contributed by atoms with Crippen LogP contribution in [0.1, 0.15) is 112 Å². The Morgan fingerprint density at radius 2 is 1.48 bits per heavy atom. The number of unbranched alkanes of at least 4 members (excludes halogenated alkanes) is 1. The van der Waals surface area contributed by atoms with Gasteiger partial charge < -0.3 is 20.3 Å². The molecule has 0 fully saturated rings. The highest BCUT2D eigenvalue weighted by molar-refractivity contribution is 7.93. The Morgan fingerprint density at radius 1 is 0.870 bits per heavy atom. The van der Waals surface area contributed by atoms with Gasteiger partial charge in [0.05, 0.1) is 6.04 Å². The number of alkyl carbamates (subject to hydrolysis) is 1. The Balaban J connectivity index is 1.48. The predicted octanol–water partition coefficient (Wildman–Crippen LogP) is 10.2. The van der Waals surface area contributed by atoms with Crippen LogP contribution in [0.4, 0.5) is 4.79 Å². The molecule has 1 aliphatic heterocycles. The van der Waals surface area contributed by atoms with E-state index < -0.39 is 69.0 Å². The normalized spacial score (nSPS) is 17.6. The molecule has 12 nitrogen and oxygen atoms in total. The van der Waals surface area contributed by atoms with Crippen LogP contribution in [0.5, 0.6) is 0 Å². The fourth-order valence-electron chi connectivity index (χ4n) is 8.50. The third-order valence-electron chi connectivity index (χ3n) is 12.3. The number of sulfone groups is 1. The predicted molar refractivity (Wildman–Crippen MR) is 271 cm³/mol. The van der Waals surface area contributed by atoms with Crippen molar-refractivity contribution in [3.05, 3.63) is 129 Å². The maximum atomic E-state index is 15.0. The monoisotopic (exact) mass is 979 g/mol. The largest absolute Gasteiger partial charge is 0.444 e. The van der Waals surface area contributed by atoms with Crippen LogP contribution in [-0.4, -0.2) is 80.1 Å². The summed E-state index contributed by atoms with van der Waals surface area (Å²) in [6, 6.07) is 23.9. The molecule has 0 radical (unpaired) electrons. The van der Waals surface area contributed by atoms with E-state index in [-0.39, 0.29) is 50.2 Å². The summed E-state index contributed by atoms with van der Waals surface area (Å²) >= 11 is 6.10. The van der Waals surface area contributed by atoms with Gasteiger partial charge in [0.15, 0.2) is 27.2 Å². The number of ketones is 3. The molecule has 1 heterocycles. The van der Waals surface area contributed by atoms with Crippen LogP contribution in [0.25, 0.3) is 22.3 Å². The molecule has 2 N–H and O–H groups in total. The van der Waals surface area contributed by atoms with E-state index in [0.29, 0.717) is 29.0 Å². The molecule has 0 saturated heterocycles. The Kier molecular flexibility index (Phi) is 18.5. The van der Waals surface area contributed by atoms with Gasteiger partial charge in [-0.15, -0.1) is 0 Å². The average molecular weight is 981 g/mol. The first-order valence-electron chi connectivity index (χ1n) is 23.5. The molecule has 0 aliphatic carbocycles. The number of hydrogen-bond acceptors (Lipinski definition) is 9. The molecule has 368 valence electrons. The van der Waals surface area contributed by atoms with Gasteiger partial charge in [0.2, 0.25) is 11.8 Å². The number of carbonyl (C=O) groups is 6. The number of ether oxygens (including phenoxy) is 1. The van der Waals surface area contributed by atoms with Gasteiger partial charge in [-0.2, -0.15) is 0 Å². The molecule has 1 aliphatic rings. The van der Waals surface area contributed by atoms with Crippen molar-refractivity contribution in [2.75, 3.05) is 19.8 Å². The fourth-order valence-corrected chi connectivity index (χ4v) is 9.18. The highest BCUT2D eigenvalue weighted by atomic mass is 35.5. The van der Waals surface area contributed by atoms with E-state index in [1.54, 1.807) is 65.9 Å². The molecule has 4 aromatic rings. The lowest BCUT2D eigenvalue weighted by Gasteiger charge is -2.32. The summed E-state index contributed by atoms with van der Waals surface area (Å²) in [5, 5.41) is 7.34. The van der Waals surface area contributed by atoms with Crippen molar-refractivity contribution in [1.29, 1.82) is 0 Å². The van der Waals surface area contributed by atoms with Crippen LogP contribution in [0, 0.1) is 31.6 Å². The van der Waals surface area contributed by atoms with Gasteiger partial charge in [-0.1, -0.05) is 105 Å². The Morgan fingerprint density at radius 3 is 2.10 bits per heavy atom. The minimum absolute atomic E-state index is 0.0300. The molecule has 0 spiro atoms. The van der Waals surface area contributed by atoms with Crippen molar-refractivity contribution in [2.45, 2.75) is 111 Å². The number of nitrogens with zero attached hydrogens (tertiary/aromatic N) is 1. The molecular weight excluding hydrogens is 914 g/mol. The maximum absolute atomic E-state index is 15.0. The molecule has 3 amide bonds. The molecule has 0 aromatic heterocycles. The van der Waals surface area contributed by atoms with Gasteiger partial charge in [0.25, 0.3) is 0 Å². The third kappa shape index (κ3) is 15.8. The van der Waals surface area contributed by atoms with E-state index in [0.717, 1.165) is 50.6 Å². The quantitative estimate of drug-likeness (QED) is 0.0818. The van der Waals surface area contributed by atoms with E-state index in [9.17, 15) is 32.4 Å². The maximum Gasteiger partial charge on any atom is 0.407 e. The summed E-state index contributed by atoms with van der Waals surface area (Å²) in [4.78, 5) is 85.6. The second-order valence-corrected chi connectivity index (χ2v) is 21.9. The molecule has 69 heavy (non-hydrogen) atoms. The second kappa shape index (κ2) is 23.6. The number of carbonyl (C=O) groups excluding carboxylic acids is 6. The van der Waals surface area contributed by atoms with Gasteiger partial charge in [-0.3, -0.25) is 24.0 Å². The number of rotatable bonds is 16. The van der Waals surface area contributed by atoms with Gasteiger partial charge in [0, 0.05) is 66.9 Å². The Hall–Kier alpha value is -5.92. The number of aryl methyl sites for hydroxylation is 2. The standard InChI is InChI=1S/C55H66ClN3O9S/c1-34(25-27-69(9,66)67)28-49(61)47-31-38-15-13-35(2)45(30-38)46-32-42(16-14-36(46)3)51(50(62)29-37(4)52(63)58-47)59(8)53(64)43(12-10-11-26-57-54(65)68-55(5,6)7)33-48(60)41-19-17-39(18-20-41)40-21-23-44(56)24-22-40/h13-25,27,30,32,34,37,43,47,51H,10-12,26,28-29,31,33H2,1-9H3,(H,57,65)(H,58,63)/b27-25+/t34-,37+,43+,47-,51-/m0/s1. The van der Waals surface area contributed by atoms with Crippen LogP contribution in [0.15, 0.2) is 96.4 Å². The van der Waals surface area contributed by atoms with Gasteiger partial charge in [-0.05, 0) is 123 Å². The number of allylic oxidation sites excluding steroid dienone is 1. The van der Waals surface area contributed by atoms with Crippen LogP contribution in [0.2, 0.25) is 5.02 Å². The number of amides is 3. The number of Topliss-reactive ketones (excluding diaryl/α,β-unsaturated/α-hetero) is 3. The van der Waals surface area contributed by atoms with Crippen molar-refractivity contribution in [2.24, 2.45) is 17.8 Å². The van der Waals surface area contributed by atoms with Crippen molar-refractivity contribution in [1.82, 2.24) is 15.5 Å². The molecule has 4 aromatic carbocycles. The van der Waals surface area contributed by atoms with E-state index in [4.69, 9.17) is 16.3 Å². The minimum atomic E-state index is -3.41. The van der Waals surface area contributed by atoms with Crippen molar-refractivity contribution < 1.29 is 41.9 Å². The lowest BCUT2D eigenvalue weighted by molar-refractivity contribution is -0.142. The highest BCUT2D eigenvalue weighted by Gasteiger charge is 2.36. The molecule has 0 saturated carbocycles. The molecule has 0 unspecified atom stereocenters. The topological polar surface area (TPSA) is 173 Å². The molecule has 5 atom stereocenters. The number of nitrogens with one attached hydrogen (secondary N) is 2. The van der Waals surface area contributed by atoms with E-state index in [1.165, 1.54) is 11.0 Å². The number of fused-ring (bicyclic) bond motifs is 5. The first-order chi connectivity index (χ1) is 32.4. The first-order valence-corrected chi connectivity index (χ1v) is 25.8. The van der Waals surface area contributed by atoms with Crippen LogP contribution < -0.4 is 10.6 Å². The number of likely N-dealkylation sites (N-methyl/N-ethyl adjacent to an activating group) is 1. The zero-order valence-electron chi connectivity index (χ0n) is 41.2. The smallest absolute Gasteiger partial charge is 0.407 e. The van der Waals surface area contributed by atoms with Crippen LogP contribution in [-0.2, 0) is 40.2 Å². The fraction of sp³-hybridized carbons (Fsp3) is 0.418.